The summed E-state index contributed by atoms with van der Waals surface area (Å²) in [6.07, 6.45) is 0. The first-order chi connectivity index (χ1) is 10.5. The highest BCUT2D eigenvalue weighted by Crippen LogP contribution is 2.28. The molecule has 0 aliphatic rings. The van der Waals surface area contributed by atoms with E-state index >= 15 is 0 Å². The highest BCUT2D eigenvalue weighted by Gasteiger charge is 2.19. The van der Waals surface area contributed by atoms with Crippen molar-refractivity contribution in [3.63, 3.8) is 0 Å². The fourth-order valence-corrected chi connectivity index (χ4v) is 3.15. The van der Waals surface area contributed by atoms with Gasteiger partial charge in [0.05, 0.1) is 12.2 Å². The molecule has 0 bridgehead atoms. The predicted octanol–water partition coefficient (Wildman–Crippen LogP) is 4.64. The van der Waals surface area contributed by atoms with Gasteiger partial charge in [0.25, 0.3) is 0 Å². The van der Waals surface area contributed by atoms with Crippen LogP contribution < -0.4 is 10.6 Å². The second kappa shape index (κ2) is 7.42. The zero-order chi connectivity index (χ0) is 16.1. The smallest absolute Gasteiger partial charge is 0.341 e. The number of aryl methyl sites for hydroxylation is 1. The van der Waals surface area contributed by atoms with Crippen molar-refractivity contribution >= 4 is 50.0 Å². The van der Waals surface area contributed by atoms with Crippen LogP contribution in [0.15, 0.2) is 34.1 Å². The molecule has 1 aromatic heterocycles. The predicted molar refractivity (Wildman–Crippen MR) is 91.8 cm³/mol. The molecule has 0 spiro atoms. The minimum atomic E-state index is -0.431. The number of hydrogen-bond acceptors (Lipinski definition) is 4. The maximum Gasteiger partial charge on any atom is 0.341 e. The molecule has 0 saturated heterocycles. The first-order valence-corrected chi connectivity index (χ1v) is 8.27. The van der Waals surface area contributed by atoms with Crippen molar-refractivity contribution in [3.8, 4) is 0 Å². The zero-order valence-electron chi connectivity index (χ0n) is 12.1. The molecule has 2 rings (SSSR count). The van der Waals surface area contributed by atoms with Crippen molar-refractivity contribution in [2.75, 3.05) is 17.2 Å². The number of thiophene rings is 1. The van der Waals surface area contributed by atoms with E-state index in [9.17, 15) is 9.59 Å². The SMILES string of the molecule is CCOC(=O)c1c(C)csc1NC(=O)Nc1cccc(Br)c1. The van der Waals surface area contributed by atoms with Gasteiger partial charge in [-0.2, -0.15) is 0 Å². The molecular weight excluding hydrogens is 368 g/mol. The maximum atomic E-state index is 12.1. The van der Waals surface area contributed by atoms with Crippen LogP contribution in [0.5, 0.6) is 0 Å². The summed E-state index contributed by atoms with van der Waals surface area (Å²) in [5, 5.41) is 7.69. The number of hydrogen-bond donors (Lipinski definition) is 2. The monoisotopic (exact) mass is 382 g/mol. The van der Waals surface area contributed by atoms with Gasteiger partial charge in [0, 0.05) is 10.2 Å². The third-order valence-corrected chi connectivity index (χ3v) is 4.27. The topological polar surface area (TPSA) is 67.4 Å². The number of amides is 2. The lowest BCUT2D eigenvalue weighted by Crippen LogP contribution is -2.20. The number of nitrogens with one attached hydrogen (secondary N) is 2. The molecule has 116 valence electrons. The van der Waals surface area contributed by atoms with E-state index in [1.165, 1.54) is 11.3 Å². The minimum Gasteiger partial charge on any atom is -0.462 e. The molecular formula is C15H15BrN2O3S. The van der Waals surface area contributed by atoms with Crippen LogP contribution >= 0.6 is 27.3 Å². The fourth-order valence-electron chi connectivity index (χ4n) is 1.82. The number of rotatable bonds is 4. The van der Waals surface area contributed by atoms with Gasteiger partial charge in [-0.05, 0) is 43.0 Å². The zero-order valence-corrected chi connectivity index (χ0v) is 14.5. The summed E-state index contributed by atoms with van der Waals surface area (Å²) in [7, 11) is 0. The Hall–Kier alpha value is -1.86. The number of esters is 1. The molecule has 7 heteroatoms. The van der Waals surface area contributed by atoms with Gasteiger partial charge >= 0.3 is 12.0 Å². The second-order valence-corrected chi connectivity index (χ2v) is 6.23. The van der Waals surface area contributed by atoms with E-state index in [1.807, 2.05) is 12.1 Å². The molecule has 2 aromatic rings. The van der Waals surface area contributed by atoms with Crippen LogP contribution in [0.1, 0.15) is 22.8 Å². The van der Waals surface area contributed by atoms with E-state index in [0.29, 0.717) is 16.3 Å². The summed E-state index contributed by atoms with van der Waals surface area (Å²) in [4.78, 5) is 24.0. The fraction of sp³-hybridized carbons (Fsp3) is 0.200. The molecule has 0 aliphatic heterocycles. The molecule has 0 fully saturated rings. The Morgan fingerprint density at radius 3 is 2.77 bits per heavy atom. The van der Waals surface area contributed by atoms with Crippen molar-refractivity contribution in [3.05, 3.63) is 45.2 Å². The summed E-state index contributed by atoms with van der Waals surface area (Å²) in [5.41, 5.74) is 1.83. The van der Waals surface area contributed by atoms with Gasteiger partial charge < -0.3 is 10.1 Å². The summed E-state index contributed by atoms with van der Waals surface area (Å²) >= 11 is 4.63. The van der Waals surface area contributed by atoms with Crippen LogP contribution in [0.3, 0.4) is 0 Å². The highest BCUT2D eigenvalue weighted by molar-refractivity contribution is 9.10. The van der Waals surface area contributed by atoms with Crippen LogP contribution in [-0.4, -0.2) is 18.6 Å². The standard InChI is InChI=1S/C15H15BrN2O3S/c1-3-21-14(19)12-9(2)8-22-13(12)18-15(20)17-11-6-4-5-10(16)7-11/h4-8H,3H2,1-2H3,(H2,17,18,20). The van der Waals surface area contributed by atoms with Crippen LogP contribution in [-0.2, 0) is 4.74 Å². The summed E-state index contributed by atoms with van der Waals surface area (Å²) in [6.45, 7) is 3.84. The van der Waals surface area contributed by atoms with Crippen molar-refractivity contribution in [2.45, 2.75) is 13.8 Å². The quantitative estimate of drug-likeness (QED) is 0.756. The Kier molecular flexibility index (Phi) is 5.57. The van der Waals surface area contributed by atoms with Crippen LogP contribution in [0, 0.1) is 6.92 Å². The van der Waals surface area contributed by atoms with Crippen molar-refractivity contribution in [2.24, 2.45) is 0 Å². The molecule has 1 heterocycles. The van der Waals surface area contributed by atoms with E-state index in [1.54, 1.807) is 31.4 Å². The van der Waals surface area contributed by atoms with Gasteiger partial charge in [-0.15, -0.1) is 11.3 Å². The molecule has 0 radical (unpaired) electrons. The Morgan fingerprint density at radius 1 is 1.32 bits per heavy atom. The maximum absolute atomic E-state index is 12.1. The van der Waals surface area contributed by atoms with E-state index in [2.05, 4.69) is 26.6 Å². The summed E-state index contributed by atoms with van der Waals surface area (Å²) < 4.78 is 5.88. The summed E-state index contributed by atoms with van der Waals surface area (Å²) in [6, 6.07) is 6.83. The van der Waals surface area contributed by atoms with Crippen LogP contribution in [0.4, 0.5) is 15.5 Å². The third kappa shape index (κ3) is 4.08. The van der Waals surface area contributed by atoms with Crippen molar-refractivity contribution in [1.82, 2.24) is 0 Å². The van der Waals surface area contributed by atoms with Gasteiger partial charge in [0.1, 0.15) is 5.00 Å². The van der Waals surface area contributed by atoms with E-state index in [0.717, 1.165) is 10.0 Å². The van der Waals surface area contributed by atoms with Gasteiger partial charge in [-0.3, -0.25) is 5.32 Å². The molecule has 0 saturated carbocycles. The summed E-state index contributed by atoms with van der Waals surface area (Å²) in [5.74, 6) is -0.431. The van der Waals surface area contributed by atoms with E-state index in [-0.39, 0.29) is 6.61 Å². The van der Waals surface area contributed by atoms with Crippen molar-refractivity contribution in [1.29, 1.82) is 0 Å². The second-order valence-electron chi connectivity index (χ2n) is 4.43. The average Bonchev–Trinajstić information content (AvgIpc) is 2.79. The molecule has 0 atom stereocenters. The lowest BCUT2D eigenvalue weighted by atomic mass is 10.2. The number of ether oxygens (including phenoxy) is 1. The number of urea groups is 1. The van der Waals surface area contributed by atoms with Gasteiger partial charge in [-0.1, -0.05) is 22.0 Å². The first kappa shape index (κ1) is 16.5. The van der Waals surface area contributed by atoms with E-state index < -0.39 is 12.0 Å². The van der Waals surface area contributed by atoms with Crippen LogP contribution in [0.25, 0.3) is 0 Å². The Balaban J connectivity index is 2.10. The molecule has 2 amide bonds. The van der Waals surface area contributed by atoms with Crippen LogP contribution in [0.2, 0.25) is 0 Å². The average molecular weight is 383 g/mol. The molecule has 2 N–H and O–H groups in total. The Morgan fingerprint density at radius 2 is 2.09 bits per heavy atom. The van der Waals surface area contributed by atoms with Gasteiger partial charge in [0.15, 0.2) is 0 Å². The molecule has 5 nitrogen and oxygen atoms in total. The highest BCUT2D eigenvalue weighted by atomic mass is 79.9. The third-order valence-electron chi connectivity index (χ3n) is 2.76. The number of benzene rings is 1. The van der Waals surface area contributed by atoms with E-state index in [4.69, 9.17) is 4.74 Å². The Bertz CT molecular complexity index is 700. The molecule has 0 aliphatic carbocycles. The number of carbonyl (C=O) groups is 2. The minimum absolute atomic E-state index is 0.289. The number of anilines is 2. The molecule has 1 aromatic carbocycles. The normalized spacial score (nSPS) is 10.1. The Labute approximate surface area is 140 Å². The first-order valence-electron chi connectivity index (χ1n) is 6.60. The largest absolute Gasteiger partial charge is 0.462 e. The lowest BCUT2D eigenvalue weighted by molar-refractivity contribution is 0.0527. The van der Waals surface area contributed by atoms with Crippen molar-refractivity contribution < 1.29 is 14.3 Å². The van der Waals surface area contributed by atoms with Gasteiger partial charge in [-0.25, -0.2) is 9.59 Å². The number of halogens is 1. The lowest BCUT2D eigenvalue weighted by Gasteiger charge is -2.09. The molecule has 0 unspecified atom stereocenters. The van der Waals surface area contributed by atoms with Gasteiger partial charge in [0.2, 0.25) is 0 Å². The molecule has 22 heavy (non-hydrogen) atoms. The number of carbonyl (C=O) groups excluding carboxylic acids is 2.